The van der Waals surface area contributed by atoms with Crippen molar-refractivity contribution < 1.29 is 23.5 Å². The average Bonchev–Trinajstić information content (AvgIpc) is 3.25. The van der Waals surface area contributed by atoms with Crippen LogP contribution in [0.2, 0.25) is 0 Å². The molecule has 1 aromatic carbocycles. The fraction of sp³-hybridized carbons (Fsp3) is 0.481. The maximum Gasteiger partial charge on any atom is 0.306 e. The van der Waals surface area contributed by atoms with Crippen LogP contribution in [-0.4, -0.2) is 39.5 Å². The highest BCUT2D eigenvalue weighted by Crippen LogP contribution is 2.55. The first-order valence-electron chi connectivity index (χ1n) is 12.4. The molecule has 1 aliphatic heterocycles. The standard InChI is InChI=1S/C27H29FN2O4/c28-23-10-9-22(34-23)18-5-1-7-20-25(18)19(15-29-20)27(11-12-27)14-24(31)30-13-3-6-16-17(26(32)33)4-2-8-21(16)30/h1,5,7,9-10,15-17,21,29H,2-4,6,8,11-14H2,(H,32,33). The van der Waals surface area contributed by atoms with Crippen molar-refractivity contribution in [2.45, 2.75) is 62.8 Å². The molecule has 0 bridgehead atoms. The van der Waals surface area contributed by atoms with Crippen molar-refractivity contribution in [3.63, 3.8) is 0 Å². The first-order chi connectivity index (χ1) is 16.5. The quantitative estimate of drug-likeness (QED) is 0.523. The van der Waals surface area contributed by atoms with Gasteiger partial charge < -0.3 is 19.4 Å². The number of aromatic nitrogens is 1. The van der Waals surface area contributed by atoms with Crippen LogP contribution in [0.5, 0.6) is 0 Å². The number of carbonyl (C=O) groups excluding carboxylic acids is 1. The van der Waals surface area contributed by atoms with Gasteiger partial charge in [0.15, 0.2) is 0 Å². The lowest BCUT2D eigenvalue weighted by atomic mass is 9.71. The third-order valence-electron chi connectivity index (χ3n) is 8.46. The highest BCUT2D eigenvalue weighted by Gasteiger charge is 2.50. The van der Waals surface area contributed by atoms with Gasteiger partial charge in [-0.1, -0.05) is 18.6 Å². The van der Waals surface area contributed by atoms with Gasteiger partial charge in [0.05, 0.1) is 5.92 Å². The molecule has 0 spiro atoms. The molecule has 6 nitrogen and oxygen atoms in total. The van der Waals surface area contributed by atoms with Gasteiger partial charge in [-0.15, -0.1) is 0 Å². The van der Waals surface area contributed by atoms with Gasteiger partial charge in [-0.3, -0.25) is 9.59 Å². The number of nitrogens with zero attached hydrogens (tertiary/aromatic N) is 1. The van der Waals surface area contributed by atoms with Crippen LogP contribution in [0, 0.1) is 17.8 Å². The van der Waals surface area contributed by atoms with E-state index in [4.69, 9.17) is 4.42 Å². The molecular weight excluding hydrogens is 435 g/mol. The van der Waals surface area contributed by atoms with E-state index in [9.17, 15) is 19.1 Å². The van der Waals surface area contributed by atoms with Crippen LogP contribution in [0.15, 0.2) is 40.9 Å². The molecule has 0 radical (unpaired) electrons. The predicted octanol–water partition coefficient (Wildman–Crippen LogP) is 5.48. The third-order valence-corrected chi connectivity index (χ3v) is 8.46. The Morgan fingerprint density at radius 1 is 1.15 bits per heavy atom. The molecule has 3 fully saturated rings. The number of H-pyrrole nitrogens is 1. The largest absolute Gasteiger partial charge is 0.481 e. The zero-order valence-electron chi connectivity index (χ0n) is 19.1. The maximum absolute atomic E-state index is 13.7. The normalized spacial score (nSPS) is 25.8. The number of carboxylic acids is 1. The van der Waals surface area contributed by atoms with Gasteiger partial charge in [-0.05, 0) is 62.1 Å². The van der Waals surface area contributed by atoms with Gasteiger partial charge in [0.2, 0.25) is 5.91 Å². The summed E-state index contributed by atoms with van der Waals surface area (Å²) in [5, 5.41) is 10.7. The minimum absolute atomic E-state index is 0.0384. The van der Waals surface area contributed by atoms with Gasteiger partial charge in [0, 0.05) is 53.2 Å². The number of halogens is 1. The highest BCUT2D eigenvalue weighted by molar-refractivity contribution is 5.98. The average molecular weight is 465 g/mol. The fourth-order valence-corrected chi connectivity index (χ4v) is 6.65. The Kier molecular flexibility index (Phi) is 5.04. The molecule has 2 aliphatic carbocycles. The van der Waals surface area contributed by atoms with Crippen LogP contribution in [-0.2, 0) is 15.0 Å². The van der Waals surface area contributed by atoms with Crippen molar-refractivity contribution in [2.24, 2.45) is 11.8 Å². The molecular formula is C27H29FN2O4. The summed E-state index contributed by atoms with van der Waals surface area (Å²) in [6.45, 7) is 0.716. The van der Waals surface area contributed by atoms with Crippen molar-refractivity contribution >= 4 is 22.8 Å². The molecule has 2 N–H and O–H groups in total. The van der Waals surface area contributed by atoms with Crippen LogP contribution in [0.4, 0.5) is 4.39 Å². The summed E-state index contributed by atoms with van der Waals surface area (Å²) >= 11 is 0. The Balaban J connectivity index is 1.30. The van der Waals surface area contributed by atoms with Gasteiger partial charge in [0.25, 0.3) is 6.01 Å². The molecule has 3 aromatic rings. The summed E-state index contributed by atoms with van der Waals surface area (Å²) in [4.78, 5) is 30.8. The number of carbonyl (C=O) groups is 2. The number of hydrogen-bond acceptors (Lipinski definition) is 3. The summed E-state index contributed by atoms with van der Waals surface area (Å²) in [6.07, 6.45) is 8.49. The maximum atomic E-state index is 13.7. The lowest BCUT2D eigenvalue weighted by Gasteiger charge is -2.46. The molecule has 2 aromatic heterocycles. The number of aliphatic carboxylic acids is 1. The molecule has 1 amide bonds. The SMILES string of the molecule is O=C(O)C1CCCC2C1CCCN2C(=O)CC1(c2c[nH]c3cccc(-c4ccc(F)o4)c23)CC1. The number of hydrogen-bond donors (Lipinski definition) is 2. The molecule has 2 saturated carbocycles. The number of aromatic amines is 1. The van der Waals surface area contributed by atoms with Gasteiger partial charge in [-0.25, -0.2) is 0 Å². The lowest BCUT2D eigenvalue weighted by molar-refractivity contribution is -0.152. The summed E-state index contributed by atoms with van der Waals surface area (Å²) in [6, 6.07) is 8.21. The molecule has 3 unspecified atom stereocenters. The summed E-state index contributed by atoms with van der Waals surface area (Å²) in [7, 11) is 0. The first kappa shape index (κ1) is 21.4. The smallest absolute Gasteiger partial charge is 0.306 e. The summed E-state index contributed by atoms with van der Waals surface area (Å²) in [5.74, 6) is -0.383. The highest BCUT2D eigenvalue weighted by atomic mass is 19.1. The Morgan fingerprint density at radius 2 is 2.00 bits per heavy atom. The number of nitrogens with one attached hydrogen (secondary N) is 1. The second kappa shape index (κ2) is 8.00. The van der Waals surface area contributed by atoms with Gasteiger partial charge >= 0.3 is 5.97 Å². The minimum atomic E-state index is -0.719. The van der Waals surface area contributed by atoms with Crippen LogP contribution in [0.1, 0.15) is 56.9 Å². The summed E-state index contributed by atoms with van der Waals surface area (Å²) in [5.41, 5.74) is 2.61. The lowest BCUT2D eigenvalue weighted by Crippen LogP contribution is -2.53. The van der Waals surface area contributed by atoms with Gasteiger partial charge in [-0.2, -0.15) is 4.39 Å². The van der Waals surface area contributed by atoms with E-state index >= 15 is 0 Å². The van der Waals surface area contributed by atoms with E-state index in [0.29, 0.717) is 25.1 Å². The van der Waals surface area contributed by atoms with E-state index in [-0.39, 0.29) is 29.2 Å². The number of carboxylic acid groups (broad SMARTS) is 1. The number of piperidine rings is 1. The third kappa shape index (κ3) is 3.44. The molecule has 3 atom stereocenters. The van der Waals surface area contributed by atoms with Crippen LogP contribution in [0.25, 0.3) is 22.2 Å². The first-order valence-corrected chi connectivity index (χ1v) is 12.4. The minimum Gasteiger partial charge on any atom is -0.481 e. The monoisotopic (exact) mass is 464 g/mol. The van der Waals surface area contributed by atoms with Crippen LogP contribution < -0.4 is 0 Å². The van der Waals surface area contributed by atoms with E-state index in [2.05, 4.69) is 4.98 Å². The van der Waals surface area contributed by atoms with Crippen LogP contribution in [0.3, 0.4) is 0 Å². The molecule has 34 heavy (non-hydrogen) atoms. The molecule has 1 saturated heterocycles. The number of likely N-dealkylation sites (tertiary alicyclic amines) is 1. The molecule has 3 heterocycles. The Bertz CT molecular complexity index is 1260. The molecule has 7 heteroatoms. The van der Waals surface area contributed by atoms with Crippen molar-refractivity contribution in [3.05, 3.63) is 48.1 Å². The molecule has 6 rings (SSSR count). The summed E-state index contributed by atoms with van der Waals surface area (Å²) < 4.78 is 18.9. The van der Waals surface area contributed by atoms with E-state index in [0.717, 1.165) is 60.6 Å². The molecule has 178 valence electrons. The number of fused-ring (bicyclic) bond motifs is 2. The number of amides is 1. The van der Waals surface area contributed by atoms with Crippen molar-refractivity contribution in [2.75, 3.05) is 6.54 Å². The zero-order chi connectivity index (χ0) is 23.4. The Morgan fingerprint density at radius 3 is 2.74 bits per heavy atom. The van der Waals surface area contributed by atoms with E-state index in [1.54, 1.807) is 6.07 Å². The van der Waals surface area contributed by atoms with Crippen LogP contribution >= 0.6 is 0 Å². The predicted molar refractivity (Wildman–Crippen MR) is 125 cm³/mol. The van der Waals surface area contributed by atoms with Crippen molar-refractivity contribution in [1.82, 2.24) is 9.88 Å². The van der Waals surface area contributed by atoms with E-state index < -0.39 is 12.0 Å². The second-order valence-corrected chi connectivity index (χ2v) is 10.3. The van der Waals surface area contributed by atoms with Crippen molar-refractivity contribution in [3.8, 4) is 11.3 Å². The second-order valence-electron chi connectivity index (χ2n) is 10.3. The van der Waals surface area contributed by atoms with E-state index in [1.807, 2.05) is 29.3 Å². The fourth-order valence-electron chi connectivity index (χ4n) is 6.65. The number of furan rings is 1. The van der Waals surface area contributed by atoms with Crippen molar-refractivity contribution in [1.29, 1.82) is 0 Å². The molecule has 3 aliphatic rings. The number of rotatable bonds is 5. The Hall–Kier alpha value is -3.09. The van der Waals surface area contributed by atoms with Gasteiger partial charge in [0.1, 0.15) is 5.76 Å². The topological polar surface area (TPSA) is 86.5 Å². The number of benzene rings is 1. The Labute approximate surface area is 197 Å². The van der Waals surface area contributed by atoms with E-state index in [1.165, 1.54) is 6.07 Å². The zero-order valence-corrected chi connectivity index (χ0v) is 19.1.